The Morgan fingerprint density at radius 3 is 2.23 bits per heavy atom. The van der Waals surface area contributed by atoms with Gasteiger partial charge in [-0.1, -0.05) is 30.7 Å². The topological polar surface area (TPSA) is 56.8 Å². The maximum atomic E-state index is 13.0. The summed E-state index contributed by atoms with van der Waals surface area (Å²) in [6.45, 7) is 6.55. The number of anilines is 1. The van der Waals surface area contributed by atoms with E-state index in [4.69, 9.17) is 11.6 Å². The molecule has 1 aromatic heterocycles. The molecular formula is C24H29ClN4O2. The fourth-order valence-electron chi connectivity index (χ4n) is 4.25. The highest BCUT2D eigenvalue weighted by molar-refractivity contribution is 6.33. The number of carbonyl (C=O) groups is 2. The summed E-state index contributed by atoms with van der Waals surface area (Å²) >= 11 is 6.19. The molecule has 3 heterocycles. The Morgan fingerprint density at radius 1 is 0.903 bits per heavy atom. The largest absolute Gasteiger partial charge is 0.357 e. The molecule has 2 amide bonds. The molecule has 2 aliphatic heterocycles. The first kappa shape index (κ1) is 21.6. The SMILES string of the molecule is CC1CCN(c2ccc(C(=O)N3CCCN(C(=O)c4ccccc4Cl)CC3)cn2)CC1. The summed E-state index contributed by atoms with van der Waals surface area (Å²) in [4.78, 5) is 36.3. The van der Waals surface area contributed by atoms with Gasteiger partial charge < -0.3 is 14.7 Å². The van der Waals surface area contributed by atoms with Gasteiger partial charge in [0, 0.05) is 45.5 Å². The second-order valence-electron chi connectivity index (χ2n) is 8.49. The summed E-state index contributed by atoms with van der Waals surface area (Å²) in [5.74, 6) is 1.60. The van der Waals surface area contributed by atoms with Crippen LogP contribution in [0.15, 0.2) is 42.6 Å². The molecule has 0 radical (unpaired) electrons. The monoisotopic (exact) mass is 440 g/mol. The summed E-state index contributed by atoms with van der Waals surface area (Å²) in [5.41, 5.74) is 1.11. The predicted molar refractivity (Wildman–Crippen MR) is 123 cm³/mol. The molecule has 0 aliphatic carbocycles. The lowest BCUT2D eigenvalue weighted by Crippen LogP contribution is -2.37. The van der Waals surface area contributed by atoms with Gasteiger partial charge >= 0.3 is 0 Å². The quantitative estimate of drug-likeness (QED) is 0.724. The highest BCUT2D eigenvalue weighted by atomic mass is 35.5. The summed E-state index contributed by atoms with van der Waals surface area (Å²) in [6.07, 6.45) is 4.78. The molecule has 2 aliphatic rings. The van der Waals surface area contributed by atoms with Crippen LogP contribution in [0.2, 0.25) is 5.02 Å². The van der Waals surface area contributed by atoms with Crippen LogP contribution in [0.5, 0.6) is 0 Å². The van der Waals surface area contributed by atoms with Crippen molar-refractivity contribution < 1.29 is 9.59 Å². The first-order valence-electron chi connectivity index (χ1n) is 11.1. The van der Waals surface area contributed by atoms with Crippen LogP contribution in [0.3, 0.4) is 0 Å². The molecule has 164 valence electrons. The van der Waals surface area contributed by atoms with Crippen LogP contribution in [0.25, 0.3) is 0 Å². The molecule has 4 rings (SSSR count). The Morgan fingerprint density at radius 2 is 1.58 bits per heavy atom. The molecule has 0 saturated carbocycles. The maximum absolute atomic E-state index is 13.0. The van der Waals surface area contributed by atoms with Gasteiger partial charge in [0.1, 0.15) is 5.82 Å². The molecule has 2 aromatic rings. The molecule has 0 bridgehead atoms. The van der Waals surface area contributed by atoms with Gasteiger partial charge in [0.25, 0.3) is 11.8 Å². The Bertz CT molecular complexity index is 925. The van der Waals surface area contributed by atoms with Gasteiger partial charge in [-0.2, -0.15) is 0 Å². The third kappa shape index (κ3) is 5.01. The average Bonchev–Trinajstić information content (AvgIpc) is 3.05. The number of pyridine rings is 1. The highest BCUT2D eigenvalue weighted by Gasteiger charge is 2.25. The fourth-order valence-corrected chi connectivity index (χ4v) is 4.47. The molecule has 2 saturated heterocycles. The zero-order valence-corrected chi connectivity index (χ0v) is 18.7. The van der Waals surface area contributed by atoms with Crippen LogP contribution in [-0.2, 0) is 0 Å². The number of nitrogens with zero attached hydrogens (tertiary/aromatic N) is 4. The molecule has 2 fully saturated rings. The third-order valence-electron chi connectivity index (χ3n) is 6.28. The summed E-state index contributed by atoms with van der Waals surface area (Å²) in [5, 5.41) is 0.457. The van der Waals surface area contributed by atoms with Crippen molar-refractivity contribution in [1.29, 1.82) is 0 Å². The molecule has 0 atom stereocenters. The second-order valence-corrected chi connectivity index (χ2v) is 8.90. The van der Waals surface area contributed by atoms with E-state index in [1.807, 2.05) is 29.2 Å². The van der Waals surface area contributed by atoms with E-state index >= 15 is 0 Å². The highest BCUT2D eigenvalue weighted by Crippen LogP contribution is 2.22. The standard InChI is InChI=1S/C24H29ClN4O2/c1-18-9-13-27(14-10-18)22-8-7-19(17-26-22)23(30)28-11-4-12-29(16-15-28)24(31)20-5-2-3-6-21(20)25/h2-3,5-8,17-18H,4,9-16H2,1H3. The van der Waals surface area contributed by atoms with Gasteiger partial charge in [-0.15, -0.1) is 0 Å². The van der Waals surface area contributed by atoms with E-state index in [0.717, 1.165) is 31.2 Å². The Balaban J connectivity index is 1.37. The summed E-state index contributed by atoms with van der Waals surface area (Å²) in [7, 11) is 0. The Labute approximate surface area is 188 Å². The molecule has 0 spiro atoms. The lowest BCUT2D eigenvalue weighted by molar-refractivity contribution is 0.0718. The minimum Gasteiger partial charge on any atom is -0.357 e. The molecule has 31 heavy (non-hydrogen) atoms. The first-order valence-corrected chi connectivity index (χ1v) is 11.4. The van der Waals surface area contributed by atoms with Crippen molar-refractivity contribution in [1.82, 2.24) is 14.8 Å². The van der Waals surface area contributed by atoms with Crippen molar-refractivity contribution >= 4 is 29.2 Å². The van der Waals surface area contributed by atoms with Crippen LogP contribution >= 0.6 is 11.6 Å². The summed E-state index contributed by atoms with van der Waals surface area (Å²) in [6, 6.07) is 10.9. The predicted octanol–water partition coefficient (Wildman–Crippen LogP) is 3.96. The smallest absolute Gasteiger partial charge is 0.255 e. The third-order valence-corrected chi connectivity index (χ3v) is 6.61. The lowest BCUT2D eigenvalue weighted by atomic mass is 9.99. The number of hydrogen-bond acceptors (Lipinski definition) is 4. The number of amides is 2. The van der Waals surface area contributed by atoms with Crippen LogP contribution < -0.4 is 4.90 Å². The van der Waals surface area contributed by atoms with E-state index in [0.29, 0.717) is 42.3 Å². The number of carbonyl (C=O) groups excluding carboxylic acids is 2. The van der Waals surface area contributed by atoms with Crippen molar-refractivity contribution in [3.63, 3.8) is 0 Å². The van der Waals surface area contributed by atoms with Crippen molar-refractivity contribution in [3.8, 4) is 0 Å². The second kappa shape index (κ2) is 9.69. The number of hydrogen-bond donors (Lipinski definition) is 0. The van der Waals surface area contributed by atoms with Crippen molar-refractivity contribution in [2.75, 3.05) is 44.2 Å². The van der Waals surface area contributed by atoms with Gasteiger partial charge in [-0.3, -0.25) is 9.59 Å². The van der Waals surface area contributed by atoms with Gasteiger partial charge in [-0.05, 0) is 49.4 Å². The van der Waals surface area contributed by atoms with E-state index in [2.05, 4.69) is 16.8 Å². The molecule has 7 heteroatoms. The van der Waals surface area contributed by atoms with Crippen LogP contribution in [0.4, 0.5) is 5.82 Å². The zero-order chi connectivity index (χ0) is 21.8. The van der Waals surface area contributed by atoms with Crippen molar-refractivity contribution in [2.24, 2.45) is 5.92 Å². The van der Waals surface area contributed by atoms with Crippen molar-refractivity contribution in [3.05, 3.63) is 58.7 Å². The number of rotatable bonds is 3. The van der Waals surface area contributed by atoms with Gasteiger partial charge in [0.15, 0.2) is 0 Å². The first-order chi connectivity index (χ1) is 15.0. The van der Waals surface area contributed by atoms with E-state index in [-0.39, 0.29) is 11.8 Å². The average molecular weight is 441 g/mol. The minimum absolute atomic E-state index is 0.0293. The molecule has 0 N–H and O–H groups in total. The van der Waals surface area contributed by atoms with E-state index in [1.54, 1.807) is 23.2 Å². The Hall–Kier alpha value is -2.60. The van der Waals surface area contributed by atoms with Crippen LogP contribution in [-0.4, -0.2) is 65.9 Å². The van der Waals surface area contributed by atoms with Crippen LogP contribution in [0, 0.1) is 5.92 Å². The molecule has 1 aromatic carbocycles. The normalized spacial score (nSPS) is 18.1. The molecular weight excluding hydrogens is 412 g/mol. The maximum Gasteiger partial charge on any atom is 0.255 e. The number of benzene rings is 1. The number of aromatic nitrogens is 1. The van der Waals surface area contributed by atoms with Crippen molar-refractivity contribution in [2.45, 2.75) is 26.2 Å². The van der Waals surface area contributed by atoms with E-state index < -0.39 is 0 Å². The zero-order valence-electron chi connectivity index (χ0n) is 18.0. The fraction of sp³-hybridized carbons (Fsp3) is 0.458. The minimum atomic E-state index is -0.0817. The van der Waals surface area contributed by atoms with Gasteiger partial charge in [0.2, 0.25) is 0 Å². The number of halogens is 1. The molecule has 6 nitrogen and oxygen atoms in total. The number of piperidine rings is 1. The Kier molecular flexibility index (Phi) is 6.76. The van der Waals surface area contributed by atoms with E-state index in [1.165, 1.54) is 12.8 Å². The van der Waals surface area contributed by atoms with Gasteiger partial charge in [-0.25, -0.2) is 4.98 Å². The summed E-state index contributed by atoms with van der Waals surface area (Å²) < 4.78 is 0. The lowest BCUT2D eigenvalue weighted by Gasteiger charge is -2.31. The van der Waals surface area contributed by atoms with Gasteiger partial charge in [0.05, 0.1) is 16.1 Å². The van der Waals surface area contributed by atoms with Crippen LogP contribution in [0.1, 0.15) is 46.9 Å². The molecule has 0 unspecified atom stereocenters. The van der Waals surface area contributed by atoms with E-state index in [9.17, 15) is 9.59 Å².